The van der Waals surface area contributed by atoms with Gasteiger partial charge in [-0.3, -0.25) is 9.59 Å². The number of nitrogens with zero attached hydrogens (tertiary/aromatic N) is 1. The van der Waals surface area contributed by atoms with Crippen LogP contribution < -0.4 is 5.32 Å². The Kier molecular flexibility index (Phi) is 1.75. The third-order valence-electron chi connectivity index (χ3n) is 2.50. The monoisotopic (exact) mass is 168 g/mol. The van der Waals surface area contributed by atoms with E-state index in [1.54, 1.807) is 0 Å². The summed E-state index contributed by atoms with van der Waals surface area (Å²) in [5.74, 6) is 0.101. The van der Waals surface area contributed by atoms with Crippen molar-refractivity contribution in [3.8, 4) is 0 Å². The molecular formula is C8H12N2O2. The van der Waals surface area contributed by atoms with Gasteiger partial charge in [0.2, 0.25) is 12.3 Å². The second kappa shape index (κ2) is 2.77. The van der Waals surface area contributed by atoms with Crippen molar-refractivity contribution >= 4 is 12.3 Å². The van der Waals surface area contributed by atoms with E-state index < -0.39 is 0 Å². The van der Waals surface area contributed by atoms with Gasteiger partial charge in [0.05, 0.1) is 0 Å². The number of amides is 2. The summed E-state index contributed by atoms with van der Waals surface area (Å²) in [4.78, 5) is 23.5. The summed E-state index contributed by atoms with van der Waals surface area (Å²) in [6.07, 6.45) is 3.66. The molecule has 1 heterocycles. The number of likely N-dealkylation sites (tertiary alicyclic amines) is 1. The second-order valence-corrected chi connectivity index (χ2v) is 3.39. The van der Waals surface area contributed by atoms with Crippen LogP contribution in [0.25, 0.3) is 0 Å². The van der Waals surface area contributed by atoms with Crippen molar-refractivity contribution in [2.24, 2.45) is 0 Å². The molecule has 1 saturated carbocycles. The van der Waals surface area contributed by atoms with E-state index in [-0.39, 0.29) is 11.9 Å². The lowest BCUT2D eigenvalue weighted by Crippen LogP contribution is -2.38. The van der Waals surface area contributed by atoms with Crippen LogP contribution in [0.5, 0.6) is 0 Å². The quantitative estimate of drug-likeness (QED) is 0.577. The highest BCUT2D eigenvalue weighted by atomic mass is 16.2. The lowest BCUT2D eigenvalue weighted by Gasteiger charge is -2.14. The summed E-state index contributed by atoms with van der Waals surface area (Å²) in [5, 5.41) is 2.54. The topological polar surface area (TPSA) is 49.4 Å². The molecule has 0 aromatic heterocycles. The molecule has 12 heavy (non-hydrogen) atoms. The first-order valence-corrected chi connectivity index (χ1v) is 4.33. The Hall–Kier alpha value is -1.06. The summed E-state index contributed by atoms with van der Waals surface area (Å²) < 4.78 is 0. The molecule has 1 N–H and O–H groups in total. The average molecular weight is 168 g/mol. The fourth-order valence-corrected chi connectivity index (χ4v) is 1.69. The molecule has 4 nitrogen and oxygen atoms in total. The van der Waals surface area contributed by atoms with Crippen molar-refractivity contribution in [1.82, 2.24) is 10.2 Å². The molecule has 0 aromatic carbocycles. The number of hydrogen-bond donors (Lipinski definition) is 1. The lowest BCUT2D eigenvalue weighted by molar-refractivity contribution is -0.131. The molecule has 1 atom stereocenters. The molecule has 2 aliphatic rings. The van der Waals surface area contributed by atoms with Crippen LogP contribution in [0.1, 0.15) is 19.3 Å². The maximum Gasteiger partial charge on any atom is 0.245 e. The zero-order valence-corrected chi connectivity index (χ0v) is 6.82. The Bertz CT molecular complexity index is 213. The molecule has 0 radical (unpaired) electrons. The molecule has 2 rings (SSSR count). The van der Waals surface area contributed by atoms with Crippen LogP contribution in [0.4, 0.5) is 0 Å². The van der Waals surface area contributed by atoms with Gasteiger partial charge in [0, 0.05) is 12.6 Å². The Morgan fingerprint density at radius 3 is 2.75 bits per heavy atom. The third-order valence-corrected chi connectivity index (χ3v) is 2.50. The van der Waals surface area contributed by atoms with Gasteiger partial charge >= 0.3 is 0 Å². The number of nitrogens with one attached hydrogen (secondary N) is 1. The maximum absolute atomic E-state index is 11.5. The molecule has 1 aliphatic heterocycles. The van der Waals surface area contributed by atoms with Crippen LogP contribution >= 0.6 is 0 Å². The predicted molar refractivity (Wildman–Crippen MR) is 42.3 cm³/mol. The first-order valence-electron chi connectivity index (χ1n) is 4.33. The minimum atomic E-state index is -0.247. The molecule has 2 fully saturated rings. The van der Waals surface area contributed by atoms with E-state index in [1.807, 2.05) is 4.90 Å². The van der Waals surface area contributed by atoms with Crippen molar-refractivity contribution in [2.75, 3.05) is 6.54 Å². The molecule has 0 spiro atoms. The van der Waals surface area contributed by atoms with Gasteiger partial charge in [0.25, 0.3) is 0 Å². The summed E-state index contributed by atoms with van der Waals surface area (Å²) in [6.45, 7) is 0.814. The average Bonchev–Trinajstić information content (AvgIpc) is 2.82. The van der Waals surface area contributed by atoms with E-state index in [9.17, 15) is 9.59 Å². The number of carbonyl (C=O) groups excluding carboxylic acids is 2. The number of hydrogen-bond acceptors (Lipinski definition) is 2. The molecule has 1 saturated heterocycles. The van der Waals surface area contributed by atoms with E-state index in [0.717, 1.165) is 25.8 Å². The molecule has 4 heteroatoms. The van der Waals surface area contributed by atoms with Crippen LogP contribution in [0.2, 0.25) is 0 Å². The van der Waals surface area contributed by atoms with Crippen molar-refractivity contribution < 1.29 is 9.59 Å². The molecule has 66 valence electrons. The Labute approximate surface area is 70.9 Å². The van der Waals surface area contributed by atoms with Crippen molar-refractivity contribution in [1.29, 1.82) is 0 Å². The van der Waals surface area contributed by atoms with E-state index in [1.165, 1.54) is 0 Å². The van der Waals surface area contributed by atoms with Gasteiger partial charge in [-0.05, 0) is 19.3 Å². The highest BCUT2D eigenvalue weighted by molar-refractivity contribution is 5.86. The molecular weight excluding hydrogens is 156 g/mol. The van der Waals surface area contributed by atoms with Crippen LogP contribution in [0.15, 0.2) is 0 Å². The van der Waals surface area contributed by atoms with Gasteiger partial charge < -0.3 is 10.2 Å². The zero-order chi connectivity index (χ0) is 8.55. The van der Waals surface area contributed by atoms with Crippen LogP contribution in [-0.4, -0.2) is 35.8 Å². The third kappa shape index (κ3) is 1.17. The van der Waals surface area contributed by atoms with E-state index >= 15 is 0 Å². The van der Waals surface area contributed by atoms with Crippen LogP contribution in [0, 0.1) is 0 Å². The number of rotatable bonds is 3. The van der Waals surface area contributed by atoms with Crippen LogP contribution in [0.3, 0.4) is 0 Å². The SMILES string of the molecule is O=CNC1CCN(C2CC2)C1=O. The predicted octanol–water partition coefficient (Wildman–Crippen LogP) is -0.504. The lowest BCUT2D eigenvalue weighted by atomic mass is 10.3. The Morgan fingerprint density at radius 2 is 2.17 bits per heavy atom. The van der Waals surface area contributed by atoms with Gasteiger partial charge in [0.15, 0.2) is 0 Å². The van der Waals surface area contributed by atoms with Gasteiger partial charge in [-0.15, -0.1) is 0 Å². The summed E-state index contributed by atoms with van der Waals surface area (Å²) in [5.41, 5.74) is 0. The minimum Gasteiger partial charge on any atom is -0.347 e. The van der Waals surface area contributed by atoms with Gasteiger partial charge in [0.1, 0.15) is 6.04 Å². The highest BCUT2D eigenvalue weighted by Gasteiger charge is 2.40. The largest absolute Gasteiger partial charge is 0.347 e. The van der Waals surface area contributed by atoms with Gasteiger partial charge in [-0.2, -0.15) is 0 Å². The van der Waals surface area contributed by atoms with Crippen molar-refractivity contribution in [2.45, 2.75) is 31.3 Å². The van der Waals surface area contributed by atoms with E-state index in [2.05, 4.69) is 5.32 Å². The first-order chi connectivity index (χ1) is 5.83. The van der Waals surface area contributed by atoms with Crippen molar-refractivity contribution in [3.63, 3.8) is 0 Å². The molecule has 1 aliphatic carbocycles. The smallest absolute Gasteiger partial charge is 0.245 e. The van der Waals surface area contributed by atoms with E-state index in [4.69, 9.17) is 0 Å². The second-order valence-electron chi connectivity index (χ2n) is 3.39. The first kappa shape index (κ1) is 7.58. The normalized spacial score (nSPS) is 29.2. The Balaban J connectivity index is 1.95. The summed E-state index contributed by atoms with van der Waals surface area (Å²) in [6, 6.07) is 0.235. The van der Waals surface area contributed by atoms with Crippen LogP contribution in [-0.2, 0) is 9.59 Å². The summed E-state index contributed by atoms with van der Waals surface area (Å²) in [7, 11) is 0. The van der Waals surface area contributed by atoms with Crippen molar-refractivity contribution in [3.05, 3.63) is 0 Å². The van der Waals surface area contributed by atoms with Gasteiger partial charge in [-0.1, -0.05) is 0 Å². The molecule has 0 bridgehead atoms. The standard InChI is InChI=1S/C8H12N2O2/c11-5-9-7-3-4-10(8(7)12)6-1-2-6/h5-7H,1-4H2,(H,9,11). The fraction of sp³-hybridized carbons (Fsp3) is 0.750. The minimum absolute atomic E-state index is 0.101. The fourth-order valence-electron chi connectivity index (χ4n) is 1.69. The molecule has 2 amide bonds. The molecule has 0 aromatic rings. The zero-order valence-electron chi connectivity index (χ0n) is 6.82. The highest BCUT2D eigenvalue weighted by Crippen LogP contribution is 2.30. The number of carbonyl (C=O) groups is 2. The maximum atomic E-state index is 11.5. The van der Waals surface area contributed by atoms with E-state index in [0.29, 0.717) is 12.5 Å². The van der Waals surface area contributed by atoms with Gasteiger partial charge in [-0.25, -0.2) is 0 Å². The summed E-state index contributed by atoms with van der Waals surface area (Å²) >= 11 is 0. The molecule has 1 unspecified atom stereocenters. The Morgan fingerprint density at radius 1 is 1.42 bits per heavy atom.